The van der Waals surface area contributed by atoms with Crippen molar-refractivity contribution < 1.29 is 0 Å². The maximum Gasteiger partial charge on any atom is 0.0717 e. The van der Waals surface area contributed by atoms with Crippen LogP contribution < -0.4 is 0 Å². The SMILES string of the molecule is C1=CC(c2ccc(-c3cc(-c4ccccc4)nc(-c4cc(-n5c6ccccc6c6ccccc65)cc(-n5c6ccccc6c6ccccc65)c4)c3)cc2)=CCC1. The molecule has 0 N–H and O–H groups in total. The molecule has 0 radical (unpaired) electrons. The predicted molar refractivity (Wildman–Crippen MR) is 236 cm³/mol. The Morgan fingerprint density at radius 3 is 1.32 bits per heavy atom. The largest absolute Gasteiger partial charge is 0.309 e. The van der Waals surface area contributed by atoms with Crippen molar-refractivity contribution in [3.05, 3.63) is 206 Å². The van der Waals surface area contributed by atoms with Gasteiger partial charge in [-0.15, -0.1) is 0 Å². The molecule has 3 heteroatoms. The van der Waals surface area contributed by atoms with Gasteiger partial charge in [-0.25, -0.2) is 4.98 Å². The van der Waals surface area contributed by atoms with Gasteiger partial charge in [0.1, 0.15) is 0 Å². The van der Waals surface area contributed by atoms with E-state index in [1.54, 1.807) is 0 Å². The second kappa shape index (κ2) is 13.3. The van der Waals surface area contributed by atoms with Gasteiger partial charge in [0.25, 0.3) is 0 Å². The summed E-state index contributed by atoms with van der Waals surface area (Å²) in [5, 5.41) is 4.95. The lowest BCUT2D eigenvalue weighted by atomic mass is 9.95. The Balaban J connectivity index is 1.18. The molecule has 1 aliphatic carbocycles. The molecular formula is C53H37N3. The van der Waals surface area contributed by atoms with Crippen LogP contribution in [-0.2, 0) is 0 Å². The smallest absolute Gasteiger partial charge is 0.0717 e. The van der Waals surface area contributed by atoms with Crippen molar-refractivity contribution in [1.29, 1.82) is 0 Å². The third-order valence-corrected chi connectivity index (χ3v) is 11.3. The third-order valence-electron chi connectivity index (χ3n) is 11.3. The van der Waals surface area contributed by atoms with Crippen LogP contribution in [0.15, 0.2) is 200 Å². The fourth-order valence-corrected chi connectivity index (χ4v) is 8.69. The molecule has 0 atom stereocenters. The quantitative estimate of drug-likeness (QED) is 0.168. The Hall–Kier alpha value is -7.23. The zero-order valence-corrected chi connectivity index (χ0v) is 30.8. The molecule has 11 rings (SSSR count). The number of aromatic nitrogens is 3. The van der Waals surface area contributed by atoms with E-state index in [2.05, 4.69) is 209 Å². The topological polar surface area (TPSA) is 22.8 Å². The zero-order chi connectivity index (χ0) is 37.0. The van der Waals surface area contributed by atoms with E-state index in [0.717, 1.165) is 57.9 Å². The van der Waals surface area contributed by atoms with E-state index in [1.807, 2.05) is 0 Å². The first kappa shape index (κ1) is 32.2. The molecule has 1 aliphatic rings. The molecule has 3 heterocycles. The minimum absolute atomic E-state index is 0.924. The molecule has 264 valence electrons. The highest BCUT2D eigenvalue weighted by Gasteiger charge is 2.18. The van der Waals surface area contributed by atoms with Crippen LogP contribution >= 0.6 is 0 Å². The lowest BCUT2D eigenvalue weighted by Gasteiger charge is -2.17. The minimum Gasteiger partial charge on any atom is -0.309 e. The first-order valence-electron chi connectivity index (χ1n) is 19.4. The van der Waals surface area contributed by atoms with Gasteiger partial charge in [0.05, 0.1) is 33.5 Å². The van der Waals surface area contributed by atoms with Gasteiger partial charge in [0.2, 0.25) is 0 Å². The molecule has 0 aliphatic heterocycles. The monoisotopic (exact) mass is 715 g/mol. The summed E-state index contributed by atoms with van der Waals surface area (Å²) in [5.41, 5.74) is 15.7. The van der Waals surface area contributed by atoms with Crippen molar-refractivity contribution in [2.24, 2.45) is 0 Å². The van der Waals surface area contributed by atoms with Crippen molar-refractivity contribution >= 4 is 49.2 Å². The summed E-state index contributed by atoms with van der Waals surface area (Å²) >= 11 is 0. The molecule has 3 aromatic heterocycles. The first-order valence-corrected chi connectivity index (χ1v) is 19.4. The summed E-state index contributed by atoms with van der Waals surface area (Å²) in [6.45, 7) is 0. The number of fused-ring (bicyclic) bond motifs is 6. The van der Waals surface area contributed by atoms with Gasteiger partial charge in [0, 0.05) is 44.0 Å². The highest BCUT2D eigenvalue weighted by atomic mass is 15.0. The third kappa shape index (κ3) is 5.39. The average molecular weight is 716 g/mol. The number of hydrogen-bond donors (Lipinski definition) is 0. The van der Waals surface area contributed by atoms with Crippen molar-refractivity contribution in [2.45, 2.75) is 12.8 Å². The maximum absolute atomic E-state index is 5.45. The number of allylic oxidation sites excluding steroid dienone is 4. The van der Waals surface area contributed by atoms with Crippen molar-refractivity contribution in [3.8, 4) is 45.0 Å². The number of rotatable bonds is 6. The standard InChI is InChI=1S/C53H37N3/c1-3-15-36(16-4-1)37-27-29-38(30-28-37)40-33-48(39-17-5-2-6-18-39)54-49(34-40)41-31-42(55-50-23-11-7-19-44(50)45-20-8-12-24-51(45)55)35-43(32-41)56-52-25-13-9-21-46(52)47-22-10-14-26-53(47)56/h2-3,5-35H,1,4H2. The molecule has 0 bridgehead atoms. The average Bonchev–Trinajstić information content (AvgIpc) is 3.80. The fourth-order valence-electron chi connectivity index (χ4n) is 8.69. The van der Waals surface area contributed by atoms with E-state index < -0.39 is 0 Å². The minimum atomic E-state index is 0.924. The lowest BCUT2D eigenvalue weighted by molar-refractivity contribution is 1.04. The number of pyridine rings is 1. The van der Waals surface area contributed by atoms with Gasteiger partial charge >= 0.3 is 0 Å². The molecule has 0 amide bonds. The Kier molecular flexibility index (Phi) is 7.63. The lowest BCUT2D eigenvalue weighted by Crippen LogP contribution is -2.01. The van der Waals surface area contributed by atoms with Crippen molar-refractivity contribution in [1.82, 2.24) is 14.1 Å². The summed E-state index contributed by atoms with van der Waals surface area (Å²) in [6, 6.07) is 66.0. The van der Waals surface area contributed by atoms with Crippen LogP contribution in [0.25, 0.3) is 94.2 Å². The van der Waals surface area contributed by atoms with Crippen LogP contribution in [0, 0.1) is 0 Å². The Morgan fingerprint density at radius 2 is 0.821 bits per heavy atom. The second-order valence-electron chi connectivity index (χ2n) is 14.7. The summed E-state index contributed by atoms with van der Waals surface area (Å²) in [6.07, 6.45) is 9.05. The molecule has 0 saturated carbocycles. The molecule has 56 heavy (non-hydrogen) atoms. The van der Waals surface area contributed by atoms with Crippen LogP contribution in [0.3, 0.4) is 0 Å². The van der Waals surface area contributed by atoms with E-state index in [-0.39, 0.29) is 0 Å². The summed E-state index contributed by atoms with van der Waals surface area (Å²) in [5.74, 6) is 0. The van der Waals surface area contributed by atoms with Crippen LogP contribution in [0.4, 0.5) is 0 Å². The van der Waals surface area contributed by atoms with Crippen LogP contribution in [0.1, 0.15) is 18.4 Å². The highest BCUT2D eigenvalue weighted by Crippen LogP contribution is 2.39. The van der Waals surface area contributed by atoms with Gasteiger partial charge in [0.15, 0.2) is 0 Å². The van der Waals surface area contributed by atoms with Crippen molar-refractivity contribution in [2.75, 3.05) is 0 Å². The normalized spacial score (nSPS) is 12.9. The first-order chi connectivity index (χ1) is 27.8. The summed E-state index contributed by atoms with van der Waals surface area (Å²) in [7, 11) is 0. The molecule has 7 aromatic carbocycles. The van der Waals surface area contributed by atoms with Crippen LogP contribution in [-0.4, -0.2) is 14.1 Å². The van der Waals surface area contributed by atoms with Gasteiger partial charge in [-0.3, -0.25) is 0 Å². The van der Waals surface area contributed by atoms with Gasteiger partial charge in [-0.05, 0) is 89.7 Å². The van der Waals surface area contributed by atoms with Crippen molar-refractivity contribution in [3.63, 3.8) is 0 Å². The van der Waals surface area contributed by atoms with E-state index in [9.17, 15) is 0 Å². The van der Waals surface area contributed by atoms with Gasteiger partial charge < -0.3 is 9.13 Å². The number of hydrogen-bond acceptors (Lipinski definition) is 1. The molecule has 0 saturated heterocycles. The zero-order valence-electron chi connectivity index (χ0n) is 30.8. The van der Waals surface area contributed by atoms with Crippen LogP contribution in [0.2, 0.25) is 0 Å². The molecule has 3 nitrogen and oxygen atoms in total. The number of nitrogens with zero attached hydrogens (tertiary/aromatic N) is 3. The number of para-hydroxylation sites is 4. The molecule has 10 aromatic rings. The van der Waals surface area contributed by atoms with E-state index in [0.29, 0.717) is 0 Å². The fraction of sp³-hybridized carbons (Fsp3) is 0.0377. The van der Waals surface area contributed by atoms with Gasteiger partial charge in [-0.1, -0.05) is 146 Å². The van der Waals surface area contributed by atoms with E-state index in [4.69, 9.17) is 4.98 Å². The summed E-state index contributed by atoms with van der Waals surface area (Å²) in [4.78, 5) is 5.45. The highest BCUT2D eigenvalue weighted by molar-refractivity contribution is 6.10. The van der Waals surface area contributed by atoms with Gasteiger partial charge in [-0.2, -0.15) is 0 Å². The van der Waals surface area contributed by atoms with Crippen LogP contribution in [0.5, 0.6) is 0 Å². The van der Waals surface area contributed by atoms with E-state index >= 15 is 0 Å². The molecular weight excluding hydrogens is 679 g/mol. The number of benzene rings is 7. The molecule has 0 fully saturated rings. The summed E-state index contributed by atoms with van der Waals surface area (Å²) < 4.78 is 4.83. The maximum atomic E-state index is 5.45. The predicted octanol–water partition coefficient (Wildman–Crippen LogP) is 14.0. The Labute approximate surface area is 325 Å². The van der Waals surface area contributed by atoms with E-state index in [1.165, 1.54) is 54.7 Å². The Bertz CT molecular complexity index is 2940. The molecule has 0 unspecified atom stereocenters. The molecule has 0 spiro atoms. The second-order valence-corrected chi connectivity index (χ2v) is 14.7. The Morgan fingerprint density at radius 1 is 0.357 bits per heavy atom.